The van der Waals surface area contributed by atoms with Crippen LogP contribution in [0.4, 0.5) is 4.79 Å². The molecule has 1 N–H and O–H groups in total. The summed E-state index contributed by atoms with van der Waals surface area (Å²) in [5, 5.41) is 3.85. The van der Waals surface area contributed by atoms with Gasteiger partial charge in [-0.2, -0.15) is 0 Å². The Morgan fingerprint density at radius 1 is 1.02 bits per heavy atom. The van der Waals surface area contributed by atoms with Crippen molar-refractivity contribution in [2.24, 2.45) is 0 Å². The Hall–Kier alpha value is -3.90. The van der Waals surface area contributed by atoms with Crippen molar-refractivity contribution in [1.29, 1.82) is 0 Å². The van der Waals surface area contributed by atoms with E-state index in [0.29, 0.717) is 39.6 Å². The van der Waals surface area contributed by atoms with Gasteiger partial charge in [0.25, 0.3) is 5.56 Å². The first-order valence-corrected chi connectivity index (χ1v) is 17.4. The van der Waals surface area contributed by atoms with Gasteiger partial charge in [-0.05, 0) is 72.6 Å². The number of hydrogen-bond donors (Lipinski definition) is 1. The highest BCUT2D eigenvalue weighted by Gasteiger charge is 2.52. The zero-order chi connectivity index (χ0) is 36.2. The molecule has 262 valence electrons. The van der Waals surface area contributed by atoms with Gasteiger partial charge < -0.3 is 24.3 Å². The molecule has 0 unspecified atom stereocenters. The summed E-state index contributed by atoms with van der Waals surface area (Å²) in [5.74, 6) is -0.0637. The molecule has 0 saturated carbocycles. The van der Waals surface area contributed by atoms with Crippen LogP contribution in [0.5, 0.6) is 0 Å². The van der Waals surface area contributed by atoms with Crippen molar-refractivity contribution >= 4 is 53.4 Å². The van der Waals surface area contributed by atoms with Gasteiger partial charge in [0.2, 0.25) is 5.91 Å². The van der Waals surface area contributed by atoms with Crippen LogP contribution in [0.3, 0.4) is 0 Å². The molecule has 2 amide bonds. The Morgan fingerprint density at radius 3 is 2.30 bits per heavy atom. The van der Waals surface area contributed by atoms with Gasteiger partial charge in [-0.1, -0.05) is 59.6 Å². The second kappa shape index (κ2) is 13.3. The number of halogens is 2. The van der Waals surface area contributed by atoms with Gasteiger partial charge in [0.15, 0.2) is 0 Å². The lowest BCUT2D eigenvalue weighted by atomic mass is 9.77. The number of aromatic nitrogens is 2. The molecule has 1 atom stereocenters. The fraction of sp³-hybridized carbons (Fsp3) is 0.405. The molecule has 2 aromatic carbocycles. The predicted molar refractivity (Wildman–Crippen MR) is 196 cm³/mol. The number of nitrogens with one attached hydrogen (secondary N) is 1. The summed E-state index contributed by atoms with van der Waals surface area (Å²) < 4.78 is 19.6. The maximum Gasteiger partial charge on any atom is 0.496 e. The average molecular weight is 719 g/mol. The number of rotatable bonds is 7. The first-order chi connectivity index (χ1) is 23.4. The molecule has 13 heteroatoms. The SMILES string of the molecule is CC(C)(C)OC(=O)N(Cc1cnc2cc(-c3cccc(-c4cccc(B5OC(C)(C)C(C)(C)O5)c4Cl)c3Cl)ccn2c1=O)C[C@@H]1CCC(=O)N1. The lowest BCUT2D eigenvalue weighted by Gasteiger charge is -2.32. The molecule has 0 radical (unpaired) electrons. The van der Waals surface area contributed by atoms with E-state index in [4.69, 9.17) is 37.2 Å². The minimum absolute atomic E-state index is 0.0303. The quantitative estimate of drug-likeness (QED) is 0.213. The fourth-order valence-electron chi connectivity index (χ4n) is 6.08. The molecule has 2 aliphatic rings. The van der Waals surface area contributed by atoms with E-state index in [1.165, 1.54) is 15.5 Å². The largest absolute Gasteiger partial charge is 0.496 e. The molecule has 0 spiro atoms. The van der Waals surface area contributed by atoms with Crippen LogP contribution in [0.1, 0.15) is 66.9 Å². The molecule has 2 aliphatic heterocycles. The van der Waals surface area contributed by atoms with Gasteiger partial charge in [0.1, 0.15) is 11.2 Å². The van der Waals surface area contributed by atoms with E-state index in [-0.39, 0.29) is 30.6 Å². The highest BCUT2D eigenvalue weighted by atomic mass is 35.5. The molecule has 0 bridgehead atoms. The standard InChI is InChI=1S/C37H41BCl2N4O6/c1-35(2,3)48-34(47)43(21-24-14-15-30(45)42-24)20-23-19-41-29-18-22(16-17-44(29)33(23)46)25-10-8-11-26(31(25)39)27-12-9-13-28(32(27)40)38-49-36(4,5)37(6,7)50-38/h8-13,16-19,24H,14-15,20-21H2,1-7H3,(H,42,45)/t24-/m0/s1. The van der Waals surface area contributed by atoms with Crippen molar-refractivity contribution in [3.05, 3.63) is 86.9 Å². The van der Waals surface area contributed by atoms with Crippen molar-refractivity contribution in [2.45, 2.75) is 90.7 Å². The third kappa shape index (κ3) is 7.14. The van der Waals surface area contributed by atoms with E-state index in [2.05, 4.69) is 10.3 Å². The maximum absolute atomic E-state index is 13.7. The van der Waals surface area contributed by atoms with Crippen LogP contribution < -0.4 is 16.3 Å². The Labute approximate surface area is 302 Å². The van der Waals surface area contributed by atoms with Crippen LogP contribution in [-0.4, -0.2) is 62.8 Å². The van der Waals surface area contributed by atoms with Crippen LogP contribution in [0.2, 0.25) is 10.0 Å². The van der Waals surface area contributed by atoms with Crippen molar-refractivity contribution in [2.75, 3.05) is 6.54 Å². The van der Waals surface area contributed by atoms with Crippen molar-refractivity contribution in [1.82, 2.24) is 19.6 Å². The number of benzene rings is 2. The second-order valence-corrected chi connectivity index (χ2v) is 15.6. The number of fused-ring (bicyclic) bond motifs is 1. The summed E-state index contributed by atoms with van der Waals surface area (Å²) in [4.78, 5) is 44.7. The summed E-state index contributed by atoms with van der Waals surface area (Å²) in [6.45, 7) is 13.5. The zero-order valence-electron chi connectivity index (χ0n) is 29.3. The maximum atomic E-state index is 13.7. The monoisotopic (exact) mass is 718 g/mol. The van der Waals surface area contributed by atoms with Crippen LogP contribution in [0, 0.1) is 0 Å². The number of carbonyl (C=O) groups excluding carboxylic acids is 2. The van der Waals surface area contributed by atoms with E-state index in [9.17, 15) is 14.4 Å². The third-order valence-corrected chi connectivity index (χ3v) is 10.3. The lowest BCUT2D eigenvalue weighted by Crippen LogP contribution is -2.44. The minimum Gasteiger partial charge on any atom is -0.444 e. The molecule has 10 nitrogen and oxygen atoms in total. The van der Waals surface area contributed by atoms with E-state index in [0.717, 1.165) is 22.3 Å². The summed E-state index contributed by atoms with van der Waals surface area (Å²) in [6.07, 6.45) is 3.54. The molecular formula is C37H41BCl2N4O6. The van der Waals surface area contributed by atoms with E-state index in [1.54, 1.807) is 39.1 Å². The molecule has 6 rings (SSSR count). The molecule has 2 saturated heterocycles. The number of pyridine rings is 1. The topological polar surface area (TPSA) is 111 Å². The molecule has 4 heterocycles. The van der Waals surface area contributed by atoms with Crippen LogP contribution in [0.25, 0.3) is 27.9 Å². The summed E-state index contributed by atoms with van der Waals surface area (Å²) in [5.41, 5.74) is 2.28. The van der Waals surface area contributed by atoms with Crippen LogP contribution >= 0.6 is 23.2 Å². The second-order valence-electron chi connectivity index (χ2n) is 14.9. The van der Waals surface area contributed by atoms with Gasteiger partial charge in [-0.25, -0.2) is 9.78 Å². The minimum atomic E-state index is -0.735. The zero-order valence-corrected chi connectivity index (χ0v) is 30.8. The Bertz CT molecular complexity index is 2030. The third-order valence-electron chi connectivity index (χ3n) is 9.46. The van der Waals surface area contributed by atoms with Gasteiger partial charge in [-0.15, -0.1) is 0 Å². The molecule has 2 aromatic heterocycles. The molecule has 0 aliphatic carbocycles. The molecule has 4 aromatic rings. The molecule has 2 fully saturated rings. The van der Waals surface area contributed by atoms with Gasteiger partial charge in [-0.3, -0.25) is 14.0 Å². The normalized spacial score (nSPS) is 18.4. The Kier molecular flexibility index (Phi) is 9.58. The van der Waals surface area contributed by atoms with Crippen molar-refractivity contribution in [3.63, 3.8) is 0 Å². The highest BCUT2D eigenvalue weighted by molar-refractivity contribution is 6.66. The van der Waals surface area contributed by atoms with Gasteiger partial charge >= 0.3 is 13.2 Å². The first-order valence-electron chi connectivity index (χ1n) is 16.6. The van der Waals surface area contributed by atoms with E-state index in [1.807, 2.05) is 64.1 Å². The van der Waals surface area contributed by atoms with E-state index >= 15 is 0 Å². The Balaban J connectivity index is 1.29. The summed E-state index contributed by atoms with van der Waals surface area (Å²) in [6, 6.07) is 14.8. The fourth-order valence-corrected chi connectivity index (χ4v) is 6.73. The van der Waals surface area contributed by atoms with Crippen LogP contribution in [0.15, 0.2) is 65.7 Å². The number of amides is 2. The number of hydrogen-bond acceptors (Lipinski definition) is 7. The summed E-state index contributed by atoms with van der Waals surface area (Å²) >= 11 is 14.1. The van der Waals surface area contributed by atoms with E-state index < -0.39 is 30.0 Å². The van der Waals surface area contributed by atoms with Gasteiger partial charge in [0.05, 0.1) is 28.3 Å². The highest BCUT2D eigenvalue weighted by Crippen LogP contribution is 2.41. The number of nitrogens with zero attached hydrogens (tertiary/aromatic N) is 3. The van der Waals surface area contributed by atoms with Crippen molar-refractivity contribution in [3.8, 4) is 22.3 Å². The Morgan fingerprint density at radius 2 is 1.66 bits per heavy atom. The molecule has 50 heavy (non-hydrogen) atoms. The smallest absolute Gasteiger partial charge is 0.444 e. The van der Waals surface area contributed by atoms with Gasteiger partial charge in [0, 0.05) is 58.6 Å². The number of ether oxygens (including phenoxy) is 1. The summed E-state index contributed by atoms with van der Waals surface area (Å²) in [7, 11) is -0.635. The lowest BCUT2D eigenvalue weighted by molar-refractivity contribution is -0.119. The molecular weight excluding hydrogens is 678 g/mol. The predicted octanol–water partition coefficient (Wildman–Crippen LogP) is 6.65. The number of carbonyl (C=O) groups is 2. The van der Waals surface area contributed by atoms with Crippen LogP contribution in [-0.2, 0) is 25.4 Å². The first kappa shape index (κ1) is 35.9. The van der Waals surface area contributed by atoms with Crippen molar-refractivity contribution < 1.29 is 23.6 Å². The average Bonchev–Trinajstić information content (AvgIpc) is 3.54.